The highest BCUT2D eigenvalue weighted by molar-refractivity contribution is 5.36. The van der Waals surface area contributed by atoms with Crippen molar-refractivity contribution in [2.75, 3.05) is 13.2 Å². The highest BCUT2D eigenvalue weighted by Gasteiger charge is 2.15. The standard InChI is InChI=1S/C10H14.C9H12.2C8H16.C8H14.C8H10.C6H12O2.CH4/c1-7-5-8(2)10(4)9(3)6-7;1-7-4-5-8(2)9(3)6-7;4*1-7-3-5-8(2)6-4-7;1-5-3-7-6(2)8-4-5;/h5-6H,1-4H3;4-6H,1-3H3;2*7-8H,3-6H2,1-2H3;3,8H,4-6H2,1-2H3;3-6H,1-2H3;5-6H,3-4H2,1-2H3;1H4. The van der Waals surface area contributed by atoms with Crippen LogP contribution in [0.2, 0.25) is 0 Å². The van der Waals surface area contributed by atoms with Gasteiger partial charge in [0.25, 0.3) is 0 Å². The summed E-state index contributed by atoms with van der Waals surface area (Å²) >= 11 is 0. The van der Waals surface area contributed by atoms with E-state index in [1.54, 1.807) is 5.57 Å². The molecule has 60 heavy (non-hydrogen) atoms. The third-order valence-corrected chi connectivity index (χ3v) is 12.7. The highest BCUT2D eigenvalue weighted by Crippen LogP contribution is 2.28. The topological polar surface area (TPSA) is 18.5 Å². The van der Waals surface area contributed by atoms with Gasteiger partial charge in [-0.15, -0.1) is 0 Å². The molecule has 0 spiro atoms. The minimum atomic E-state index is 0. The van der Waals surface area contributed by atoms with Crippen LogP contribution in [0, 0.1) is 97.8 Å². The lowest BCUT2D eigenvalue weighted by Gasteiger charge is -2.24. The second-order valence-corrected chi connectivity index (χ2v) is 19.8. The Morgan fingerprint density at radius 3 is 1.05 bits per heavy atom. The van der Waals surface area contributed by atoms with Crippen molar-refractivity contribution in [2.24, 2.45) is 35.5 Å². The largest absolute Gasteiger partial charge is 0.353 e. The van der Waals surface area contributed by atoms with Crippen molar-refractivity contribution < 1.29 is 9.47 Å². The average molecular weight is 827 g/mol. The summed E-state index contributed by atoms with van der Waals surface area (Å²) in [4.78, 5) is 0. The molecule has 0 aromatic heterocycles. The van der Waals surface area contributed by atoms with Crippen LogP contribution in [0.1, 0.15) is 184 Å². The number of benzene rings is 3. The maximum atomic E-state index is 5.17. The Bertz CT molecular complexity index is 1420. The molecule has 3 fully saturated rings. The van der Waals surface area contributed by atoms with Gasteiger partial charge >= 0.3 is 0 Å². The number of ether oxygens (including phenoxy) is 2. The number of rotatable bonds is 0. The van der Waals surface area contributed by atoms with Crippen LogP contribution in [0.4, 0.5) is 0 Å². The quantitative estimate of drug-likeness (QED) is 0.210. The van der Waals surface area contributed by atoms with E-state index in [2.05, 4.69) is 171 Å². The van der Waals surface area contributed by atoms with Gasteiger partial charge in [-0.05, 0) is 153 Å². The maximum absolute atomic E-state index is 5.17. The maximum Gasteiger partial charge on any atom is 0.154 e. The molecular weight excluding hydrogens is 729 g/mol. The SMILES string of the molecule is C.CC1=CCC(C)CC1.CC1CCC(C)CC1.CC1CCC(C)CC1.CC1COC(C)OC1.Cc1cc(C)c(C)c(C)c1.Cc1ccc(C)c(C)c1.Cc1ccc(C)cc1. The molecule has 4 aliphatic rings. The van der Waals surface area contributed by atoms with Crippen LogP contribution in [0.25, 0.3) is 0 Å². The van der Waals surface area contributed by atoms with E-state index in [0.29, 0.717) is 5.92 Å². The van der Waals surface area contributed by atoms with Crippen LogP contribution in [0.3, 0.4) is 0 Å². The number of allylic oxidation sites excluding steroid dienone is 2. The first-order valence-corrected chi connectivity index (χ1v) is 23.8. The van der Waals surface area contributed by atoms with Gasteiger partial charge in [0.15, 0.2) is 6.29 Å². The fourth-order valence-corrected chi connectivity index (χ4v) is 7.43. The summed E-state index contributed by atoms with van der Waals surface area (Å²) in [6, 6.07) is 19.4. The molecule has 1 atom stereocenters. The van der Waals surface area contributed by atoms with Crippen LogP contribution in [-0.4, -0.2) is 19.5 Å². The molecule has 342 valence electrons. The van der Waals surface area contributed by atoms with Gasteiger partial charge in [0.1, 0.15) is 0 Å². The Labute approximate surface area is 375 Å². The second-order valence-electron chi connectivity index (χ2n) is 19.8. The zero-order chi connectivity index (χ0) is 44.5. The summed E-state index contributed by atoms with van der Waals surface area (Å²) in [7, 11) is 0. The van der Waals surface area contributed by atoms with Gasteiger partial charge in [0.05, 0.1) is 13.2 Å². The van der Waals surface area contributed by atoms with Gasteiger partial charge in [0.2, 0.25) is 0 Å². The Hall–Kier alpha value is -2.68. The van der Waals surface area contributed by atoms with Crippen molar-refractivity contribution in [2.45, 2.75) is 202 Å². The molecule has 1 saturated heterocycles. The molecule has 2 saturated carbocycles. The zero-order valence-electron chi connectivity index (χ0n) is 41.8. The van der Waals surface area contributed by atoms with E-state index in [1.807, 2.05) is 6.92 Å². The molecule has 3 aromatic carbocycles. The lowest BCUT2D eigenvalue weighted by molar-refractivity contribution is -0.187. The molecule has 1 unspecified atom stereocenters. The van der Waals surface area contributed by atoms with E-state index < -0.39 is 0 Å². The van der Waals surface area contributed by atoms with Gasteiger partial charge in [0, 0.05) is 5.92 Å². The van der Waals surface area contributed by atoms with E-state index in [0.717, 1.165) is 42.8 Å². The predicted octanol–water partition coefficient (Wildman–Crippen LogP) is 17.9. The summed E-state index contributed by atoms with van der Waals surface area (Å²) in [6.45, 7) is 39.0. The summed E-state index contributed by atoms with van der Waals surface area (Å²) in [6.07, 6.45) is 18.2. The van der Waals surface area contributed by atoms with E-state index in [-0.39, 0.29) is 13.7 Å². The fraction of sp³-hybridized carbons (Fsp3) is 0.655. The smallest absolute Gasteiger partial charge is 0.154 e. The van der Waals surface area contributed by atoms with Gasteiger partial charge in [-0.3, -0.25) is 0 Å². The molecular formula is C58H98O2. The first-order valence-electron chi connectivity index (χ1n) is 23.8. The van der Waals surface area contributed by atoms with E-state index >= 15 is 0 Å². The molecule has 0 N–H and O–H groups in total. The molecule has 1 aliphatic heterocycles. The zero-order valence-corrected chi connectivity index (χ0v) is 41.8. The number of hydrogen-bond donors (Lipinski definition) is 0. The summed E-state index contributed by atoms with van der Waals surface area (Å²) < 4.78 is 10.3. The van der Waals surface area contributed by atoms with Crippen molar-refractivity contribution in [3.05, 3.63) is 116 Å². The third-order valence-electron chi connectivity index (χ3n) is 12.7. The van der Waals surface area contributed by atoms with E-state index in [4.69, 9.17) is 9.47 Å². The first-order chi connectivity index (χ1) is 27.7. The van der Waals surface area contributed by atoms with Gasteiger partial charge in [-0.1, -0.05) is 189 Å². The molecule has 3 aliphatic carbocycles. The molecule has 3 aromatic rings. The van der Waals surface area contributed by atoms with Crippen molar-refractivity contribution in [1.82, 2.24) is 0 Å². The Kier molecular flexibility index (Phi) is 30.6. The normalized spacial score (nSPS) is 24.2. The van der Waals surface area contributed by atoms with E-state index in [1.165, 1.54) is 121 Å². The Balaban J connectivity index is 0.000000676. The first kappa shape index (κ1) is 57.3. The van der Waals surface area contributed by atoms with Crippen LogP contribution < -0.4 is 0 Å². The molecule has 2 heteroatoms. The molecule has 0 radical (unpaired) electrons. The lowest BCUT2D eigenvalue weighted by Crippen LogP contribution is -2.27. The molecule has 0 amide bonds. The van der Waals surface area contributed by atoms with Crippen LogP contribution in [0.5, 0.6) is 0 Å². The minimum absolute atomic E-state index is 0. The summed E-state index contributed by atoms with van der Waals surface area (Å²) in [5, 5.41) is 0. The summed E-state index contributed by atoms with van der Waals surface area (Å²) in [5.41, 5.74) is 13.9. The monoisotopic (exact) mass is 827 g/mol. The summed E-state index contributed by atoms with van der Waals surface area (Å²) in [5.74, 6) is 5.60. The van der Waals surface area contributed by atoms with Crippen molar-refractivity contribution in [3.63, 3.8) is 0 Å². The molecule has 2 nitrogen and oxygen atoms in total. The Morgan fingerprint density at radius 2 is 0.750 bits per heavy atom. The lowest BCUT2D eigenvalue weighted by atomic mass is 9.84. The second kappa shape index (κ2) is 32.1. The predicted molar refractivity (Wildman–Crippen MR) is 270 cm³/mol. The molecule has 1 heterocycles. The Morgan fingerprint density at radius 1 is 0.383 bits per heavy atom. The fourth-order valence-electron chi connectivity index (χ4n) is 7.43. The van der Waals surface area contributed by atoms with Crippen LogP contribution in [-0.2, 0) is 9.47 Å². The minimum Gasteiger partial charge on any atom is -0.353 e. The third kappa shape index (κ3) is 28.0. The number of aryl methyl sites for hydroxylation is 8. The molecule has 0 bridgehead atoms. The van der Waals surface area contributed by atoms with E-state index in [9.17, 15) is 0 Å². The van der Waals surface area contributed by atoms with Gasteiger partial charge in [-0.2, -0.15) is 0 Å². The van der Waals surface area contributed by atoms with Crippen LogP contribution in [0.15, 0.2) is 66.2 Å². The number of hydrogen-bond acceptors (Lipinski definition) is 2. The average Bonchev–Trinajstić information content (AvgIpc) is 3.19. The van der Waals surface area contributed by atoms with Gasteiger partial charge in [-0.25, -0.2) is 0 Å². The van der Waals surface area contributed by atoms with Crippen molar-refractivity contribution in [3.8, 4) is 0 Å². The highest BCUT2D eigenvalue weighted by atomic mass is 16.7. The van der Waals surface area contributed by atoms with Crippen LogP contribution >= 0.6 is 0 Å². The van der Waals surface area contributed by atoms with Crippen molar-refractivity contribution in [1.29, 1.82) is 0 Å². The van der Waals surface area contributed by atoms with Crippen molar-refractivity contribution >= 4 is 0 Å². The molecule has 7 rings (SSSR count). The van der Waals surface area contributed by atoms with Gasteiger partial charge < -0.3 is 9.47 Å².